The molecule has 0 bridgehead atoms. The minimum Gasteiger partial charge on any atom is -0.508 e. The minimum atomic E-state index is -2.06. The summed E-state index contributed by atoms with van der Waals surface area (Å²) in [5.74, 6) is -4.00. The Hall–Kier alpha value is -4.04. The summed E-state index contributed by atoms with van der Waals surface area (Å²) in [6, 6.07) is 7.07. The van der Waals surface area contributed by atoms with Gasteiger partial charge < -0.3 is 74.4 Å². The van der Waals surface area contributed by atoms with Crippen LogP contribution in [0.25, 0.3) is 22.3 Å². The number of carboxylic acid groups (broad SMARTS) is 1. The molecule has 2 aliphatic heterocycles. The van der Waals surface area contributed by atoms with Crippen LogP contribution in [0.5, 0.6) is 23.0 Å². The first-order valence-electron chi connectivity index (χ1n) is 13.0. The first-order chi connectivity index (χ1) is 20.8. The monoisotopic (exact) mass is 624 g/mol. The molecule has 0 spiro atoms. The van der Waals surface area contributed by atoms with Gasteiger partial charge in [-0.15, -0.1) is 0 Å². The van der Waals surface area contributed by atoms with Gasteiger partial charge in [-0.3, -0.25) is 4.79 Å². The Kier molecular flexibility index (Phi) is 8.67. The standard InChI is InChI=1S/C27H28O17/c28-7-13-15(31)17(33)20(36)26(42-13)40-10-5-11(30)14-12(6-10)41-22(8-1-3-9(29)4-2-8)23(16(14)32)43-27-21(37)18(34)19(35)24(44-27)25(38)39/h1-6,13,15,17-21,24,26-31,33-37H,7H2,(H,38,39)/t13-,15+,17-,18-,19-,20+,21+,24-,26+,27+/m0/s1. The highest BCUT2D eigenvalue weighted by atomic mass is 16.7. The molecule has 44 heavy (non-hydrogen) atoms. The molecule has 10 atom stereocenters. The van der Waals surface area contributed by atoms with Crippen molar-refractivity contribution in [1.29, 1.82) is 0 Å². The molecule has 2 aliphatic rings. The van der Waals surface area contributed by atoms with Gasteiger partial charge in [0.15, 0.2) is 11.9 Å². The number of aromatic hydroxyl groups is 2. The highest BCUT2D eigenvalue weighted by molar-refractivity contribution is 5.88. The number of rotatable bonds is 7. The van der Waals surface area contributed by atoms with Gasteiger partial charge in [-0.2, -0.15) is 0 Å². The zero-order chi connectivity index (χ0) is 32.0. The van der Waals surface area contributed by atoms with Crippen LogP contribution in [0.15, 0.2) is 45.6 Å². The second kappa shape index (κ2) is 12.2. The predicted octanol–water partition coefficient (Wildman–Crippen LogP) is -2.68. The van der Waals surface area contributed by atoms with E-state index in [0.717, 1.165) is 12.1 Å². The maximum absolute atomic E-state index is 13.7. The predicted molar refractivity (Wildman–Crippen MR) is 141 cm³/mol. The van der Waals surface area contributed by atoms with Crippen molar-refractivity contribution in [1.82, 2.24) is 0 Å². The van der Waals surface area contributed by atoms with Crippen LogP contribution in [-0.4, -0.2) is 125 Å². The Morgan fingerprint density at radius 1 is 0.795 bits per heavy atom. The van der Waals surface area contributed by atoms with E-state index in [0.29, 0.717) is 0 Å². The molecule has 3 heterocycles. The number of fused-ring (bicyclic) bond motifs is 1. The van der Waals surface area contributed by atoms with E-state index in [4.69, 9.17) is 23.4 Å². The highest BCUT2D eigenvalue weighted by Crippen LogP contribution is 2.38. The van der Waals surface area contributed by atoms with Crippen LogP contribution in [0.3, 0.4) is 0 Å². The fraction of sp³-hybridized carbons (Fsp3) is 0.407. The highest BCUT2D eigenvalue weighted by Gasteiger charge is 2.49. The lowest BCUT2D eigenvalue weighted by Crippen LogP contribution is -2.61. The van der Waals surface area contributed by atoms with Crippen LogP contribution in [0.4, 0.5) is 0 Å². The minimum absolute atomic E-state index is 0.0946. The summed E-state index contributed by atoms with van der Waals surface area (Å²) in [4.78, 5) is 25.3. The summed E-state index contributed by atoms with van der Waals surface area (Å²) in [6.45, 7) is -0.732. The summed E-state index contributed by atoms with van der Waals surface area (Å²) in [7, 11) is 0. The molecule has 5 rings (SSSR count). The number of hydrogen-bond donors (Lipinski definition) is 10. The lowest BCUT2D eigenvalue weighted by Gasteiger charge is -2.39. The van der Waals surface area contributed by atoms with Gasteiger partial charge in [-0.1, -0.05) is 0 Å². The summed E-state index contributed by atoms with van der Waals surface area (Å²) >= 11 is 0. The van der Waals surface area contributed by atoms with Crippen molar-refractivity contribution in [3.8, 4) is 34.3 Å². The Labute approximate surface area is 245 Å². The lowest BCUT2D eigenvalue weighted by molar-refractivity contribution is -0.277. The van der Waals surface area contributed by atoms with Crippen molar-refractivity contribution < 1.29 is 79.2 Å². The Morgan fingerprint density at radius 2 is 1.41 bits per heavy atom. The number of carboxylic acids is 1. The van der Waals surface area contributed by atoms with Gasteiger partial charge in [0.25, 0.3) is 0 Å². The van der Waals surface area contributed by atoms with Gasteiger partial charge >= 0.3 is 5.97 Å². The van der Waals surface area contributed by atoms with Gasteiger partial charge in [-0.05, 0) is 24.3 Å². The molecule has 2 aromatic carbocycles. The normalized spacial score (nSPS) is 32.3. The van der Waals surface area contributed by atoms with Crippen LogP contribution in [0.2, 0.25) is 0 Å². The Bertz CT molecular complexity index is 1570. The molecular weight excluding hydrogens is 596 g/mol. The molecule has 10 N–H and O–H groups in total. The first kappa shape index (κ1) is 31.4. The summed E-state index contributed by atoms with van der Waals surface area (Å²) < 4.78 is 27.4. The van der Waals surface area contributed by atoms with Crippen molar-refractivity contribution in [3.05, 3.63) is 46.6 Å². The van der Waals surface area contributed by atoms with E-state index in [2.05, 4.69) is 0 Å². The van der Waals surface area contributed by atoms with Crippen molar-refractivity contribution in [2.75, 3.05) is 6.61 Å². The third kappa shape index (κ3) is 5.63. The number of hydrogen-bond acceptors (Lipinski definition) is 16. The SMILES string of the molecule is O=C(O)[C@H]1O[C@@H](Oc2c(-c3ccc(O)cc3)oc3cc(O[C@@H]4O[C@@H](CO)[C@@H](O)[C@H](O)[C@H]4O)cc(O)c3c2=O)[C@H](O)[C@@H](O)[C@@H]1O. The summed E-state index contributed by atoms with van der Waals surface area (Å²) in [5, 5.41) is 99.8. The smallest absolute Gasteiger partial charge is 0.335 e. The zero-order valence-electron chi connectivity index (χ0n) is 22.3. The maximum Gasteiger partial charge on any atom is 0.335 e. The van der Waals surface area contributed by atoms with E-state index in [9.17, 15) is 60.7 Å². The van der Waals surface area contributed by atoms with E-state index in [1.165, 1.54) is 24.3 Å². The third-order valence-electron chi connectivity index (χ3n) is 7.18. The number of phenols is 2. The van der Waals surface area contributed by atoms with Gasteiger partial charge in [0, 0.05) is 17.7 Å². The number of ether oxygens (including phenoxy) is 4. The molecule has 0 radical (unpaired) electrons. The molecule has 1 aromatic heterocycles. The molecule has 0 unspecified atom stereocenters. The molecule has 17 nitrogen and oxygen atoms in total. The fourth-order valence-corrected chi connectivity index (χ4v) is 4.80. The molecule has 0 amide bonds. The van der Waals surface area contributed by atoms with Crippen molar-refractivity contribution in [2.45, 2.75) is 61.4 Å². The Morgan fingerprint density at radius 3 is 2.02 bits per heavy atom. The largest absolute Gasteiger partial charge is 0.508 e. The zero-order valence-corrected chi connectivity index (χ0v) is 22.3. The molecule has 2 saturated heterocycles. The van der Waals surface area contributed by atoms with Crippen LogP contribution in [0.1, 0.15) is 0 Å². The number of aliphatic hydroxyl groups is 7. The summed E-state index contributed by atoms with van der Waals surface area (Å²) in [6.07, 6.45) is -18.4. The van der Waals surface area contributed by atoms with Gasteiger partial charge in [0.05, 0.1) is 6.61 Å². The number of phenolic OH excluding ortho intramolecular Hbond substituents is 2. The van der Waals surface area contributed by atoms with E-state index in [1.54, 1.807) is 0 Å². The molecule has 17 heteroatoms. The first-order valence-corrected chi connectivity index (χ1v) is 13.0. The second-order valence-electron chi connectivity index (χ2n) is 10.1. The Balaban J connectivity index is 1.58. The van der Waals surface area contributed by atoms with Gasteiger partial charge in [0.1, 0.15) is 70.9 Å². The van der Waals surface area contributed by atoms with Crippen LogP contribution >= 0.6 is 0 Å². The topological polar surface area (TPSA) is 286 Å². The molecule has 3 aromatic rings. The van der Waals surface area contributed by atoms with Crippen molar-refractivity contribution >= 4 is 16.9 Å². The number of carbonyl (C=O) groups is 1. The number of aliphatic hydroxyl groups excluding tert-OH is 7. The van der Waals surface area contributed by atoms with E-state index in [1.807, 2.05) is 0 Å². The van der Waals surface area contributed by atoms with Crippen molar-refractivity contribution in [3.63, 3.8) is 0 Å². The van der Waals surface area contributed by atoms with Crippen LogP contribution < -0.4 is 14.9 Å². The lowest BCUT2D eigenvalue weighted by atomic mass is 9.99. The van der Waals surface area contributed by atoms with Crippen LogP contribution in [-0.2, 0) is 14.3 Å². The number of benzene rings is 2. The maximum atomic E-state index is 13.7. The van der Waals surface area contributed by atoms with E-state index in [-0.39, 0.29) is 28.4 Å². The average molecular weight is 625 g/mol. The van der Waals surface area contributed by atoms with Gasteiger partial charge in [-0.25, -0.2) is 4.79 Å². The summed E-state index contributed by atoms with van der Waals surface area (Å²) in [5.41, 5.74) is -1.32. The van der Waals surface area contributed by atoms with E-state index < -0.39 is 96.3 Å². The fourth-order valence-electron chi connectivity index (χ4n) is 4.80. The average Bonchev–Trinajstić information content (AvgIpc) is 2.98. The molecule has 238 valence electrons. The second-order valence-corrected chi connectivity index (χ2v) is 10.1. The van der Waals surface area contributed by atoms with E-state index >= 15 is 0 Å². The molecule has 2 fully saturated rings. The quantitative estimate of drug-likeness (QED) is 0.128. The number of aliphatic carboxylic acids is 1. The van der Waals surface area contributed by atoms with Crippen LogP contribution in [0, 0.1) is 0 Å². The van der Waals surface area contributed by atoms with Gasteiger partial charge in [0.2, 0.25) is 23.8 Å². The molecule has 0 aliphatic carbocycles. The molecular formula is C27H28O17. The van der Waals surface area contributed by atoms with Crippen molar-refractivity contribution in [2.24, 2.45) is 0 Å². The molecule has 0 saturated carbocycles. The third-order valence-corrected chi connectivity index (χ3v) is 7.18.